The second kappa shape index (κ2) is 15.0. The Kier molecular flexibility index (Phi) is 9.38. The molecule has 0 aromatic heterocycles. The molecule has 58 heavy (non-hydrogen) atoms. The van der Waals surface area contributed by atoms with Crippen molar-refractivity contribution >= 4 is 67.0 Å². The van der Waals surface area contributed by atoms with Crippen molar-refractivity contribution in [1.29, 1.82) is 0 Å². The van der Waals surface area contributed by atoms with Crippen LogP contribution in [-0.2, 0) is 19.2 Å². The van der Waals surface area contributed by atoms with Gasteiger partial charge in [-0.25, -0.2) is 0 Å². The Morgan fingerprint density at radius 3 is 0.793 bits per heavy atom. The molecule has 0 unspecified atom stereocenters. The number of carbonyl (C=O) groups is 4. The van der Waals surface area contributed by atoms with E-state index in [0.717, 1.165) is 21.5 Å². The monoisotopic (exact) mass is 764 g/mol. The Morgan fingerprint density at radius 2 is 0.534 bits per heavy atom. The molecular weight excluding hydrogens is 729 g/mol. The van der Waals surface area contributed by atoms with Crippen LogP contribution in [0.3, 0.4) is 0 Å². The molecule has 0 aliphatic heterocycles. The molecule has 0 spiro atoms. The molecule has 8 aromatic rings. The summed E-state index contributed by atoms with van der Waals surface area (Å²) in [5.74, 6) is -3.99. The maximum absolute atomic E-state index is 15.4. The summed E-state index contributed by atoms with van der Waals surface area (Å²) in [6.45, 7) is 0. The summed E-state index contributed by atoms with van der Waals surface area (Å²) in [4.78, 5) is 61.8. The maximum Gasteiger partial charge on any atom is 0.330 e. The number of fused-ring (bicyclic) bond motifs is 4. The Balaban J connectivity index is 1.26. The van der Waals surface area contributed by atoms with E-state index in [1.807, 2.05) is 72.8 Å². The Bertz CT molecular complexity index is 2510. The van der Waals surface area contributed by atoms with Gasteiger partial charge < -0.3 is 18.9 Å². The van der Waals surface area contributed by atoms with Gasteiger partial charge in [-0.1, -0.05) is 158 Å². The van der Waals surface area contributed by atoms with E-state index < -0.39 is 34.7 Å². The smallest absolute Gasteiger partial charge is 0.330 e. The lowest BCUT2D eigenvalue weighted by Crippen LogP contribution is -2.66. The predicted octanol–water partition coefficient (Wildman–Crippen LogP) is 10.6. The van der Waals surface area contributed by atoms with Crippen LogP contribution in [0.1, 0.15) is 25.7 Å². The van der Waals surface area contributed by atoms with Gasteiger partial charge in [0.2, 0.25) is 0 Å². The van der Waals surface area contributed by atoms with Crippen LogP contribution >= 0.6 is 0 Å². The average Bonchev–Trinajstić information content (AvgIpc) is 3.26. The molecule has 0 amide bonds. The van der Waals surface area contributed by atoms with Crippen molar-refractivity contribution in [2.75, 3.05) is 0 Å². The van der Waals surface area contributed by atoms with E-state index in [0.29, 0.717) is 21.5 Å². The molecule has 1 saturated carbocycles. The number of rotatable bonds is 8. The molecular formula is C50H36O8. The molecule has 1 fully saturated rings. The standard InChI is InChI=1S/C50H36O8/c51-45(55-41-27-11-19-33-15-1-5-23-37(33)41)49(46(52)56-42-28-12-20-34-16-2-6-24-38(34)42)31-9-10-32-50(49,47(53)57-43-29-13-21-35-17-3-7-25-39(35)43)48(54)58-44-30-14-22-36-18-4-8-26-40(36)44/h1-8,11-30H,9-10,31-32H2. The first-order valence-electron chi connectivity index (χ1n) is 19.2. The van der Waals surface area contributed by atoms with Gasteiger partial charge in [0.25, 0.3) is 0 Å². The molecule has 0 atom stereocenters. The van der Waals surface area contributed by atoms with Crippen molar-refractivity contribution in [2.24, 2.45) is 10.8 Å². The predicted molar refractivity (Wildman–Crippen MR) is 222 cm³/mol. The summed E-state index contributed by atoms with van der Waals surface area (Å²) < 4.78 is 25.0. The van der Waals surface area contributed by atoms with Crippen LogP contribution in [0.2, 0.25) is 0 Å². The van der Waals surface area contributed by atoms with Crippen molar-refractivity contribution in [3.63, 3.8) is 0 Å². The SMILES string of the molecule is O=C(Oc1cccc2ccccc12)C1(C(=O)Oc2cccc3ccccc23)CCCCC1(C(=O)Oc1cccc2ccccc12)C(=O)Oc1cccc2ccccc12. The fraction of sp³-hybridized carbons (Fsp3) is 0.120. The highest BCUT2D eigenvalue weighted by Gasteiger charge is 2.74. The zero-order valence-corrected chi connectivity index (χ0v) is 31.3. The normalized spacial score (nSPS) is 14.5. The fourth-order valence-corrected chi connectivity index (χ4v) is 8.37. The average molecular weight is 765 g/mol. The lowest BCUT2D eigenvalue weighted by Gasteiger charge is -2.45. The van der Waals surface area contributed by atoms with E-state index in [-0.39, 0.29) is 48.7 Å². The van der Waals surface area contributed by atoms with Crippen LogP contribution in [0, 0.1) is 10.8 Å². The van der Waals surface area contributed by atoms with Crippen molar-refractivity contribution in [2.45, 2.75) is 25.7 Å². The number of hydrogen-bond acceptors (Lipinski definition) is 8. The van der Waals surface area contributed by atoms with E-state index in [9.17, 15) is 0 Å². The molecule has 0 radical (unpaired) electrons. The van der Waals surface area contributed by atoms with Crippen molar-refractivity contribution in [1.82, 2.24) is 0 Å². The van der Waals surface area contributed by atoms with Gasteiger partial charge in [-0.15, -0.1) is 0 Å². The van der Waals surface area contributed by atoms with Crippen molar-refractivity contribution in [3.8, 4) is 23.0 Å². The lowest BCUT2D eigenvalue weighted by atomic mass is 9.55. The van der Waals surface area contributed by atoms with Gasteiger partial charge >= 0.3 is 23.9 Å². The Labute approximate surface area is 333 Å². The van der Waals surface area contributed by atoms with E-state index in [1.165, 1.54) is 0 Å². The third-order valence-electron chi connectivity index (χ3n) is 11.3. The summed E-state index contributed by atoms with van der Waals surface area (Å²) in [5.41, 5.74) is -5.19. The van der Waals surface area contributed by atoms with Crippen LogP contribution in [0.25, 0.3) is 43.1 Å². The molecule has 1 aliphatic rings. The lowest BCUT2D eigenvalue weighted by molar-refractivity contribution is -0.195. The van der Waals surface area contributed by atoms with Gasteiger partial charge in [0.15, 0.2) is 10.8 Å². The highest BCUT2D eigenvalue weighted by atomic mass is 16.6. The molecule has 284 valence electrons. The van der Waals surface area contributed by atoms with E-state index >= 15 is 19.2 Å². The first kappa shape index (κ1) is 36.3. The summed E-state index contributed by atoms with van der Waals surface area (Å²) >= 11 is 0. The first-order valence-corrected chi connectivity index (χ1v) is 19.2. The van der Waals surface area contributed by atoms with Gasteiger partial charge in [-0.2, -0.15) is 0 Å². The molecule has 8 aromatic carbocycles. The number of esters is 4. The van der Waals surface area contributed by atoms with Gasteiger partial charge in [-0.3, -0.25) is 19.2 Å². The van der Waals surface area contributed by atoms with E-state index in [1.54, 1.807) is 97.1 Å². The summed E-state index contributed by atoms with van der Waals surface area (Å²) in [5, 5.41) is 5.48. The molecule has 0 N–H and O–H groups in total. The second-order valence-electron chi connectivity index (χ2n) is 14.5. The van der Waals surface area contributed by atoms with Crippen LogP contribution in [0.4, 0.5) is 0 Å². The Morgan fingerprint density at radius 1 is 0.310 bits per heavy atom. The third kappa shape index (κ3) is 6.10. The summed E-state index contributed by atoms with van der Waals surface area (Å²) in [6.07, 6.45) is -0.00874. The fourth-order valence-electron chi connectivity index (χ4n) is 8.37. The van der Waals surface area contributed by atoms with Gasteiger partial charge in [0.1, 0.15) is 23.0 Å². The maximum atomic E-state index is 15.4. The molecule has 9 rings (SSSR count). The Hall–Kier alpha value is -7.32. The molecule has 8 nitrogen and oxygen atoms in total. The largest absolute Gasteiger partial charge is 0.425 e. The number of benzene rings is 8. The minimum Gasteiger partial charge on any atom is -0.425 e. The van der Waals surface area contributed by atoms with Gasteiger partial charge in [-0.05, 0) is 58.7 Å². The molecule has 8 heteroatoms. The summed E-state index contributed by atoms with van der Waals surface area (Å²) in [6, 6.07) is 50.1. The molecule has 0 heterocycles. The van der Waals surface area contributed by atoms with Crippen LogP contribution in [0.15, 0.2) is 170 Å². The number of hydrogen-bond donors (Lipinski definition) is 0. The number of carbonyl (C=O) groups excluding carboxylic acids is 4. The van der Waals surface area contributed by atoms with Crippen LogP contribution < -0.4 is 18.9 Å². The third-order valence-corrected chi connectivity index (χ3v) is 11.3. The zero-order valence-electron chi connectivity index (χ0n) is 31.3. The zero-order chi connectivity index (χ0) is 39.7. The molecule has 1 aliphatic carbocycles. The van der Waals surface area contributed by atoms with Crippen LogP contribution in [0.5, 0.6) is 23.0 Å². The number of ether oxygens (including phenoxy) is 4. The summed E-state index contributed by atoms with van der Waals surface area (Å²) in [7, 11) is 0. The molecule has 0 saturated heterocycles. The second-order valence-corrected chi connectivity index (χ2v) is 14.5. The highest BCUT2D eigenvalue weighted by Crippen LogP contribution is 2.55. The minimum atomic E-state index is -2.59. The van der Waals surface area contributed by atoms with Gasteiger partial charge in [0.05, 0.1) is 0 Å². The quantitative estimate of drug-likeness (QED) is 0.0855. The van der Waals surface area contributed by atoms with Crippen LogP contribution in [-0.4, -0.2) is 23.9 Å². The topological polar surface area (TPSA) is 105 Å². The van der Waals surface area contributed by atoms with Gasteiger partial charge in [0, 0.05) is 21.5 Å². The van der Waals surface area contributed by atoms with Crippen molar-refractivity contribution in [3.05, 3.63) is 170 Å². The highest BCUT2D eigenvalue weighted by molar-refractivity contribution is 6.17. The minimum absolute atomic E-state index is 0.143. The van der Waals surface area contributed by atoms with E-state index in [4.69, 9.17) is 18.9 Å². The van der Waals surface area contributed by atoms with Crippen molar-refractivity contribution < 1.29 is 38.1 Å². The van der Waals surface area contributed by atoms with E-state index in [2.05, 4.69) is 0 Å². The molecule has 0 bridgehead atoms. The first-order chi connectivity index (χ1) is 28.4.